The van der Waals surface area contributed by atoms with Gasteiger partial charge in [-0.25, -0.2) is 8.42 Å². The van der Waals surface area contributed by atoms with Crippen molar-refractivity contribution in [1.82, 2.24) is 9.21 Å². The Morgan fingerprint density at radius 3 is 2.95 bits per heavy atom. The van der Waals surface area contributed by atoms with Crippen LogP contribution in [0.5, 0.6) is 0 Å². The number of hydrogen-bond acceptors (Lipinski definition) is 5. The Hall–Kier alpha value is -0.470. The van der Waals surface area contributed by atoms with Gasteiger partial charge in [0.15, 0.2) is 0 Å². The van der Waals surface area contributed by atoms with Gasteiger partial charge in [-0.3, -0.25) is 0 Å². The molecule has 2 aliphatic rings. The molecule has 0 aromatic carbocycles. The quantitative estimate of drug-likeness (QED) is 0.836. The van der Waals surface area contributed by atoms with Gasteiger partial charge in [0.05, 0.1) is 12.7 Å². The molecule has 3 rings (SSSR count). The van der Waals surface area contributed by atoms with Crippen molar-refractivity contribution < 1.29 is 13.2 Å². The Kier molecular flexibility index (Phi) is 4.38. The molecule has 118 valence electrons. The molecule has 0 unspecified atom stereocenters. The van der Waals surface area contributed by atoms with Gasteiger partial charge in [-0.15, -0.1) is 11.3 Å². The summed E-state index contributed by atoms with van der Waals surface area (Å²) in [5.74, 6) is 0.820. The number of hydrogen-bond donors (Lipinski definition) is 0. The summed E-state index contributed by atoms with van der Waals surface area (Å²) in [6, 6.07) is 3.48. The molecule has 21 heavy (non-hydrogen) atoms. The number of nitrogens with zero attached hydrogens (tertiary/aromatic N) is 2. The summed E-state index contributed by atoms with van der Waals surface area (Å²) >= 11 is 1.29. The molecule has 3 atom stereocenters. The van der Waals surface area contributed by atoms with E-state index in [0.29, 0.717) is 29.1 Å². The van der Waals surface area contributed by atoms with Crippen LogP contribution < -0.4 is 0 Å². The molecule has 7 heteroatoms. The first-order chi connectivity index (χ1) is 9.98. The fourth-order valence-electron chi connectivity index (χ4n) is 3.30. The second kappa shape index (κ2) is 5.96. The number of rotatable bonds is 4. The highest BCUT2D eigenvalue weighted by Crippen LogP contribution is 2.36. The van der Waals surface area contributed by atoms with Gasteiger partial charge in [0.1, 0.15) is 4.21 Å². The van der Waals surface area contributed by atoms with E-state index in [-0.39, 0.29) is 6.10 Å². The predicted molar refractivity (Wildman–Crippen MR) is 83.0 cm³/mol. The zero-order valence-corrected chi connectivity index (χ0v) is 14.1. The molecule has 1 aromatic rings. The molecule has 0 aliphatic carbocycles. The van der Waals surface area contributed by atoms with Crippen molar-refractivity contribution in [1.29, 1.82) is 0 Å². The Morgan fingerprint density at radius 1 is 1.48 bits per heavy atom. The van der Waals surface area contributed by atoms with Gasteiger partial charge in [-0.1, -0.05) is 6.07 Å². The van der Waals surface area contributed by atoms with Crippen LogP contribution in [-0.4, -0.2) is 64.1 Å². The monoisotopic (exact) mass is 330 g/mol. The van der Waals surface area contributed by atoms with Crippen LogP contribution in [0.25, 0.3) is 0 Å². The van der Waals surface area contributed by atoms with E-state index in [9.17, 15) is 8.42 Å². The molecule has 2 fully saturated rings. The lowest BCUT2D eigenvalue weighted by molar-refractivity contribution is 0.0638. The molecule has 2 saturated heterocycles. The van der Waals surface area contributed by atoms with Gasteiger partial charge >= 0.3 is 0 Å². The van der Waals surface area contributed by atoms with E-state index in [1.54, 1.807) is 16.4 Å². The van der Waals surface area contributed by atoms with E-state index in [0.717, 1.165) is 19.6 Å². The Bertz CT molecular complexity index is 571. The van der Waals surface area contributed by atoms with Crippen molar-refractivity contribution in [3.8, 4) is 0 Å². The molecule has 0 amide bonds. The first-order valence-electron chi connectivity index (χ1n) is 7.28. The van der Waals surface area contributed by atoms with E-state index in [4.69, 9.17) is 4.74 Å². The Labute approximate surface area is 130 Å². The Morgan fingerprint density at radius 2 is 2.29 bits per heavy atom. The van der Waals surface area contributed by atoms with Crippen LogP contribution in [0.4, 0.5) is 0 Å². The number of likely N-dealkylation sites (N-methyl/N-ethyl adjacent to an activating group) is 1. The van der Waals surface area contributed by atoms with Crippen LogP contribution in [0.1, 0.15) is 6.42 Å². The summed E-state index contributed by atoms with van der Waals surface area (Å²) in [7, 11) is 0.728. The molecule has 0 radical (unpaired) electrons. The fraction of sp³-hybridized carbons (Fsp3) is 0.714. The summed E-state index contributed by atoms with van der Waals surface area (Å²) in [5.41, 5.74) is 0. The van der Waals surface area contributed by atoms with Crippen molar-refractivity contribution >= 4 is 21.4 Å². The highest BCUT2D eigenvalue weighted by atomic mass is 32.2. The third-order valence-corrected chi connectivity index (χ3v) is 7.64. The minimum atomic E-state index is -3.33. The van der Waals surface area contributed by atoms with E-state index in [1.165, 1.54) is 11.3 Å². The zero-order chi connectivity index (χ0) is 15.0. The van der Waals surface area contributed by atoms with Crippen LogP contribution >= 0.6 is 11.3 Å². The Balaban J connectivity index is 1.76. The van der Waals surface area contributed by atoms with Crippen LogP contribution in [0, 0.1) is 11.8 Å². The van der Waals surface area contributed by atoms with E-state index in [1.807, 2.05) is 19.5 Å². The molecule has 0 spiro atoms. The van der Waals surface area contributed by atoms with Crippen LogP contribution in [0.15, 0.2) is 21.7 Å². The maximum absolute atomic E-state index is 12.7. The molecule has 0 saturated carbocycles. The summed E-state index contributed by atoms with van der Waals surface area (Å²) in [6.45, 7) is 2.83. The van der Waals surface area contributed by atoms with Crippen molar-refractivity contribution in [3.05, 3.63) is 17.5 Å². The van der Waals surface area contributed by atoms with E-state index >= 15 is 0 Å². The molecule has 5 nitrogen and oxygen atoms in total. The first kappa shape index (κ1) is 15.4. The summed E-state index contributed by atoms with van der Waals surface area (Å²) in [4.78, 5) is 2.11. The third kappa shape index (κ3) is 3.03. The topological polar surface area (TPSA) is 49.9 Å². The number of piperidine rings is 1. The zero-order valence-electron chi connectivity index (χ0n) is 12.4. The van der Waals surface area contributed by atoms with Gasteiger partial charge in [0.2, 0.25) is 0 Å². The number of fused-ring (bicyclic) bond motifs is 1. The standard InChI is InChI=1S/C14H22N2O3S2/c1-15(2)9-13-12-8-16(6-5-11(12)10-19-13)21(17,18)14-4-3-7-20-14/h3-4,7,11-13H,5-6,8-10H2,1-2H3/t11-,12-,13+/m1/s1. The minimum absolute atomic E-state index is 0.145. The van der Waals surface area contributed by atoms with E-state index < -0.39 is 10.0 Å². The van der Waals surface area contributed by atoms with Gasteiger partial charge < -0.3 is 9.64 Å². The number of sulfonamides is 1. The second-order valence-electron chi connectivity index (χ2n) is 6.14. The number of thiophene rings is 1. The van der Waals surface area contributed by atoms with Crippen molar-refractivity contribution in [3.63, 3.8) is 0 Å². The minimum Gasteiger partial charge on any atom is -0.376 e. The number of ether oxygens (including phenoxy) is 1. The van der Waals surface area contributed by atoms with Gasteiger partial charge in [0, 0.05) is 25.6 Å². The molecule has 0 bridgehead atoms. The van der Waals surface area contributed by atoms with Crippen LogP contribution in [-0.2, 0) is 14.8 Å². The molecule has 0 N–H and O–H groups in total. The maximum atomic E-state index is 12.7. The van der Waals surface area contributed by atoms with Gasteiger partial charge in [-0.05, 0) is 37.9 Å². The molecular weight excluding hydrogens is 308 g/mol. The molecule has 1 aromatic heterocycles. The van der Waals surface area contributed by atoms with Gasteiger partial charge in [-0.2, -0.15) is 4.31 Å². The first-order valence-corrected chi connectivity index (χ1v) is 9.60. The highest BCUT2D eigenvalue weighted by molar-refractivity contribution is 7.91. The van der Waals surface area contributed by atoms with Crippen LogP contribution in [0.3, 0.4) is 0 Å². The molecule has 2 aliphatic heterocycles. The van der Waals surface area contributed by atoms with Crippen LogP contribution in [0.2, 0.25) is 0 Å². The summed E-state index contributed by atoms with van der Waals surface area (Å²) < 4.78 is 33.3. The maximum Gasteiger partial charge on any atom is 0.252 e. The smallest absolute Gasteiger partial charge is 0.252 e. The van der Waals surface area contributed by atoms with Crippen molar-refractivity contribution in [2.75, 3.05) is 40.3 Å². The lowest BCUT2D eigenvalue weighted by atomic mass is 9.85. The summed E-state index contributed by atoms with van der Waals surface area (Å²) in [5, 5.41) is 1.81. The largest absolute Gasteiger partial charge is 0.376 e. The average molecular weight is 330 g/mol. The molecular formula is C14H22N2O3S2. The second-order valence-corrected chi connectivity index (χ2v) is 9.25. The van der Waals surface area contributed by atoms with Gasteiger partial charge in [0.25, 0.3) is 10.0 Å². The summed E-state index contributed by atoms with van der Waals surface area (Å²) in [6.07, 6.45) is 1.05. The van der Waals surface area contributed by atoms with Crippen molar-refractivity contribution in [2.24, 2.45) is 11.8 Å². The normalized spacial score (nSPS) is 30.7. The highest BCUT2D eigenvalue weighted by Gasteiger charge is 2.44. The average Bonchev–Trinajstić information content (AvgIpc) is 3.08. The fourth-order valence-corrected chi connectivity index (χ4v) is 5.94. The SMILES string of the molecule is CN(C)C[C@@H]1OC[C@H]2CCN(S(=O)(=O)c3cccs3)C[C@H]21. The van der Waals surface area contributed by atoms with Crippen molar-refractivity contribution in [2.45, 2.75) is 16.7 Å². The lowest BCUT2D eigenvalue weighted by Gasteiger charge is -2.35. The third-order valence-electron chi connectivity index (χ3n) is 4.41. The van der Waals surface area contributed by atoms with E-state index in [2.05, 4.69) is 4.90 Å². The lowest BCUT2D eigenvalue weighted by Crippen LogP contribution is -2.46. The predicted octanol–water partition coefficient (Wildman–Crippen LogP) is 1.34. The molecule has 3 heterocycles.